The lowest BCUT2D eigenvalue weighted by Crippen LogP contribution is -2.42. The fourth-order valence-electron chi connectivity index (χ4n) is 2.62. The van der Waals surface area contributed by atoms with Gasteiger partial charge >= 0.3 is 0 Å². The van der Waals surface area contributed by atoms with Crippen LogP contribution in [0.1, 0.15) is 35.7 Å². The van der Waals surface area contributed by atoms with E-state index in [2.05, 4.69) is 0 Å². The zero-order valence-corrected chi connectivity index (χ0v) is 11.8. The summed E-state index contributed by atoms with van der Waals surface area (Å²) in [6.07, 6.45) is 1.65. The Labute approximate surface area is 117 Å². The first-order valence-electron chi connectivity index (χ1n) is 6.90. The number of nitrogens with zero attached hydrogens (tertiary/aromatic N) is 1. The maximum atomic E-state index is 13.7. The molecule has 1 amide bonds. The minimum atomic E-state index is -0.799. The highest BCUT2D eigenvalue weighted by atomic mass is 19.1. The predicted molar refractivity (Wildman–Crippen MR) is 73.4 cm³/mol. The van der Waals surface area contributed by atoms with Gasteiger partial charge in [-0.05, 0) is 44.2 Å². The van der Waals surface area contributed by atoms with Crippen molar-refractivity contribution in [2.45, 2.75) is 32.7 Å². The number of halogens is 2. The molecule has 0 aliphatic carbocycles. The number of nitrogens with two attached hydrogens (primary N) is 1. The molecule has 1 aromatic rings. The summed E-state index contributed by atoms with van der Waals surface area (Å²) in [5, 5.41) is 0. The number of aryl methyl sites for hydroxylation is 1. The average Bonchev–Trinajstić information content (AvgIpc) is 2.42. The van der Waals surface area contributed by atoms with Crippen molar-refractivity contribution >= 4 is 5.91 Å². The summed E-state index contributed by atoms with van der Waals surface area (Å²) in [6, 6.07) is 2.17. The van der Waals surface area contributed by atoms with Crippen LogP contribution in [0, 0.1) is 24.5 Å². The second-order valence-corrected chi connectivity index (χ2v) is 5.57. The van der Waals surface area contributed by atoms with Crippen molar-refractivity contribution in [1.29, 1.82) is 0 Å². The molecular formula is C15H20F2N2O. The molecule has 1 heterocycles. The van der Waals surface area contributed by atoms with E-state index in [-0.39, 0.29) is 23.1 Å². The first kappa shape index (κ1) is 14.9. The molecule has 110 valence electrons. The second-order valence-electron chi connectivity index (χ2n) is 5.57. The number of likely N-dealkylation sites (tertiary alicyclic amines) is 1. The highest BCUT2D eigenvalue weighted by molar-refractivity contribution is 5.94. The van der Waals surface area contributed by atoms with E-state index >= 15 is 0 Å². The highest BCUT2D eigenvalue weighted by Gasteiger charge is 2.27. The monoisotopic (exact) mass is 282 g/mol. The van der Waals surface area contributed by atoms with Crippen LogP contribution in [0.2, 0.25) is 0 Å². The van der Waals surface area contributed by atoms with Crippen molar-refractivity contribution in [2.24, 2.45) is 11.7 Å². The van der Waals surface area contributed by atoms with Gasteiger partial charge in [-0.15, -0.1) is 0 Å². The Morgan fingerprint density at radius 3 is 2.45 bits per heavy atom. The van der Waals surface area contributed by atoms with E-state index in [0.717, 1.165) is 18.9 Å². The van der Waals surface area contributed by atoms with Crippen molar-refractivity contribution in [1.82, 2.24) is 4.90 Å². The van der Waals surface area contributed by atoms with Crippen LogP contribution in [-0.4, -0.2) is 29.9 Å². The van der Waals surface area contributed by atoms with E-state index in [1.165, 1.54) is 13.0 Å². The fraction of sp³-hybridized carbons (Fsp3) is 0.533. The van der Waals surface area contributed by atoms with Gasteiger partial charge in [-0.25, -0.2) is 8.78 Å². The van der Waals surface area contributed by atoms with E-state index < -0.39 is 11.6 Å². The van der Waals surface area contributed by atoms with Crippen molar-refractivity contribution in [2.75, 3.05) is 13.1 Å². The molecule has 0 radical (unpaired) electrons. The first-order chi connectivity index (χ1) is 9.40. The summed E-state index contributed by atoms with van der Waals surface area (Å²) in [4.78, 5) is 13.9. The Kier molecular flexibility index (Phi) is 4.38. The number of hydrogen-bond acceptors (Lipinski definition) is 2. The smallest absolute Gasteiger partial charge is 0.256 e. The zero-order valence-electron chi connectivity index (χ0n) is 11.8. The predicted octanol–water partition coefficient (Wildman–Crippen LogP) is 2.47. The minimum absolute atomic E-state index is 0.0526. The second kappa shape index (κ2) is 5.87. The first-order valence-corrected chi connectivity index (χ1v) is 6.90. The van der Waals surface area contributed by atoms with Crippen molar-refractivity contribution in [3.63, 3.8) is 0 Å². The number of carbonyl (C=O) groups excluding carboxylic acids is 1. The third kappa shape index (κ3) is 2.98. The molecule has 1 unspecified atom stereocenters. The van der Waals surface area contributed by atoms with Crippen LogP contribution in [0.25, 0.3) is 0 Å². The summed E-state index contributed by atoms with van der Waals surface area (Å²) in [5.74, 6) is -1.39. The van der Waals surface area contributed by atoms with Crippen molar-refractivity contribution in [3.05, 3.63) is 34.9 Å². The van der Waals surface area contributed by atoms with Gasteiger partial charge in [-0.1, -0.05) is 0 Å². The van der Waals surface area contributed by atoms with Gasteiger partial charge in [0, 0.05) is 25.2 Å². The van der Waals surface area contributed by atoms with Gasteiger partial charge in [-0.2, -0.15) is 0 Å². The quantitative estimate of drug-likeness (QED) is 0.905. The Hall–Kier alpha value is -1.49. The van der Waals surface area contributed by atoms with Gasteiger partial charge in [0.1, 0.15) is 11.6 Å². The van der Waals surface area contributed by atoms with Crippen molar-refractivity contribution < 1.29 is 13.6 Å². The molecule has 20 heavy (non-hydrogen) atoms. The molecule has 0 saturated carbocycles. The third-order valence-corrected chi connectivity index (χ3v) is 4.05. The molecule has 2 rings (SSSR count). The van der Waals surface area contributed by atoms with Gasteiger partial charge in [0.15, 0.2) is 0 Å². The van der Waals surface area contributed by atoms with Crippen LogP contribution in [0.5, 0.6) is 0 Å². The molecule has 3 nitrogen and oxygen atoms in total. The van der Waals surface area contributed by atoms with E-state index in [9.17, 15) is 13.6 Å². The van der Waals surface area contributed by atoms with Gasteiger partial charge in [0.05, 0.1) is 5.56 Å². The summed E-state index contributed by atoms with van der Waals surface area (Å²) >= 11 is 0. The number of carbonyl (C=O) groups is 1. The molecule has 0 bridgehead atoms. The highest BCUT2D eigenvalue weighted by Crippen LogP contribution is 2.22. The molecule has 1 fully saturated rings. The molecule has 2 N–H and O–H groups in total. The topological polar surface area (TPSA) is 46.3 Å². The largest absolute Gasteiger partial charge is 0.339 e. The van der Waals surface area contributed by atoms with Crippen molar-refractivity contribution in [3.8, 4) is 0 Å². The van der Waals surface area contributed by atoms with Crippen LogP contribution < -0.4 is 5.73 Å². The number of amides is 1. The molecule has 5 heteroatoms. The maximum Gasteiger partial charge on any atom is 0.256 e. The molecule has 1 aliphatic heterocycles. The van der Waals surface area contributed by atoms with Crippen LogP contribution in [0.4, 0.5) is 8.78 Å². The molecule has 1 aromatic carbocycles. The van der Waals surface area contributed by atoms with Gasteiger partial charge < -0.3 is 10.6 Å². The van der Waals surface area contributed by atoms with Gasteiger partial charge in [0.2, 0.25) is 0 Å². The maximum absolute atomic E-state index is 13.7. The molecule has 1 aliphatic rings. The van der Waals surface area contributed by atoms with Crippen LogP contribution in [0.15, 0.2) is 12.1 Å². The number of benzene rings is 1. The lowest BCUT2D eigenvalue weighted by atomic mass is 9.90. The van der Waals surface area contributed by atoms with E-state index in [1.54, 1.807) is 4.90 Å². The van der Waals surface area contributed by atoms with E-state index in [4.69, 9.17) is 5.73 Å². The molecule has 1 saturated heterocycles. The summed E-state index contributed by atoms with van der Waals surface area (Å²) in [7, 11) is 0. The normalized spacial score (nSPS) is 18.1. The van der Waals surface area contributed by atoms with Crippen LogP contribution in [-0.2, 0) is 0 Å². The van der Waals surface area contributed by atoms with E-state index in [0.29, 0.717) is 19.0 Å². The van der Waals surface area contributed by atoms with E-state index in [1.807, 2.05) is 6.92 Å². The summed E-state index contributed by atoms with van der Waals surface area (Å²) in [5.41, 5.74) is 6.08. The third-order valence-electron chi connectivity index (χ3n) is 4.05. The van der Waals surface area contributed by atoms with Crippen LogP contribution in [0.3, 0.4) is 0 Å². The molecule has 0 aromatic heterocycles. The Morgan fingerprint density at radius 2 is 1.90 bits per heavy atom. The fourth-order valence-corrected chi connectivity index (χ4v) is 2.62. The summed E-state index contributed by atoms with van der Waals surface area (Å²) < 4.78 is 27.0. The van der Waals surface area contributed by atoms with Gasteiger partial charge in [-0.3, -0.25) is 4.79 Å². The number of rotatable bonds is 2. The Morgan fingerprint density at radius 1 is 1.30 bits per heavy atom. The lowest BCUT2D eigenvalue weighted by molar-refractivity contribution is 0.0676. The lowest BCUT2D eigenvalue weighted by Gasteiger charge is -2.33. The average molecular weight is 282 g/mol. The Balaban J connectivity index is 2.11. The summed E-state index contributed by atoms with van der Waals surface area (Å²) in [6.45, 7) is 4.63. The SMILES string of the molecule is Cc1cc(C(=O)N2CCC(C(C)N)CC2)c(F)cc1F. The number of piperidine rings is 1. The standard InChI is InChI=1S/C15H20F2N2O/c1-9-7-12(14(17)8-13(9)16)15(20)19-5-3-11(4-6-19)10(2)18/h7-8,10-11H,3-6,18H2,1-2H3. The van der Waals surface area contributed by atoms with Crippen LogP contribution >= 0.6 is 0 Å². The minimum Gasteiger partial charge on any atom is -0.339 e. The zero-order chi connectivity index (χ0) is 14.9. The molecule has 0 spiro atoms. The number of hydrogen-bond donors (Lipinski definition) is 1. The van der Waals surface area contributed by atoms with Gasteiger partial charge in [0.25, 0.3) is 5.91 Å². The molecule has 1 atom stereocenters. The Bertz CT molecular complexity index is 509. The molecular weight excluding hydrogens is 262 g/mol.